The molecule has 0 aliphatic carbocycles. The molecule has 0 spiro atoms. The van der Waals surface area contributed by atoms with Gasteiger partial charge in [-0.15, -0.1) is 0 Å². The molecular formula is C11H12F2NO2-. The first-order valence-corrected chi connectivity index (χ1v) is 4.70. The number of carbonyl (C=O) groups is 1. The minimum absolute atomic E-state index is 0.0476. The van der Waals surface area contributed by atoms with Crippen molar-refractivity contribution in [2.24, 2.45) is 0 Å². The Hall–Kier alpha value is -1.65. The fourth-order valence-electron chi connectivity index (χ4n) is 1.39. The van der Waals surface area contributed by atoms with E-state index < -0.39 is 23.3 Å². The van der Waals surface area contributed by atoms with Crippen LogP contribution in [0.25, 0.3) is 0 Å². The largest absolute Gasteiger partial charge is 0.530 e. The van der Waals surface area contributed by atoms with Crippen molar-refractivity contribution < 1.29 is 18.7 Å². The number of rotatable bonds is 1. The van der Waals surface area contributed by atoms with Gasteiger partial charge in [0.25, 0.3) is 0 Å². The second-order valence-electron chi connectivity index (χ2n) is 4.37. The van der Waals surface area contributed by atoms with Crippen LogP contribution in [0.5, 0.6) is 0 Å². The molecule has 0 N–H and O–H groups in total. The second kappa shape index (κ2) is 4.08. The number of hydrogen-bond donors (Lipinski definition) is 0. The van der Waals surface area contributed by atoms with E-state index in [1.165, 1.54) is 6.07 Å². The summed E-state index contributed by atoms with van der Waals surface area (Å²) in [5.41, 5.74) is -0.741. The van der Waals surface area contributed by atoms with Crippen LogP contribution in [0.3, 0.4) is 0 Å². The summed E-state index contributed by atoms with van der Waals surface area (Å²) in [6.45, 7) is 4.89. The first-order valence-electron chi connectivity index (χ1n) is 4.70. The Morgan fingerprint density at radius 1 is 1.25 bits per heavy atom. The third kappa shape index (κ3) is 2.48. The number of carboxylic acid groups (broad SMARTS) is 1. The molecule has 5 heteroatoms. The van der Waals surface area contributed by atoms with Crippen molar-refractivity contribution in [3.05, 3.63) is 29.8 Å². The van der Waals surface area contributed by atoms with Crippen molar-refractivity contribution in [2.45, 2.75) is 26.3 Å². The molecule has 88 valence electrons. The number of carbonyl (C=O) groups excluding carboxylic acids is 1. The number of halogens is 2. The van der Waals surface area contributed by atoms with Crippen molar-refractivity contribution in [1.82, 2.24) is 0 Å². The average Bonchev–Trinajstić information content (AvgIpc) is 2.08. The number of anilines is 1. The molecule has 1 rings (SSSR count). The SMILES string of the molecule is CC(C)(C)N(C(=O)[O-])c1ccc(F)c(F)c1. The lowest BCUT2D eigenvalue weighted by Crippen LogP contribution is -2.52. The number of amides is 1. The van der Waals surface area contributed by atoms with E-state index in [0.29, 0.717) is 0 Å². The van der Waals surface area contributed by atoms with Crippen LogP contribution in [0.4, 0.5) is 19.3 Å². The van der Waals surface area contributed by atoms with E-state index in [1.807, 2.05) is 0 Å². The molecule has 0 fully saturated rings. The van der Waals surface area contributed by atoms with Gasteiger partial charge in [0, 0.05) is 17.3 Å². The maximum atomic E-state index is 13.0. The van der Waals surface area contributed by atoms with Gasteiger partial charge in [-0.05, 0) is 32.9 Å². The minimum atomic E-state index is -1.46. The summed E-state index contributed by atoms with van der Waals surface area (Å²) < 4.78 is 25.7. The summed E-state index contributed by atoms with van der Waals surface area (Å²) in [4.78, 5) is 11.8. The van der Waals surface area contributed by atoms with Crippen LogP contribution in [0, 0.1) is 11.6 Å². The van der Waals surface area contributed by atoms with E-state index >= 15 is 0 Å². The van der Waals surface area contributed by atoms with Gasteiger partial charge < -0.3 is 14.8 Å². The lowest BCUT2D eigenvalue weighted by molar-refractivity contribution is -0.247. The zero-order chi connectivity index (χ0) is 12.5. The molecule has 16 heavy (non-hydrogen) atoms. The van der Waals surface area contributed by atoms with Crippen molar-refractivity contribution in [2.75, 3.05) is 4.90 Å². The lowest BCUT2D eigenvalue weighted by atomic mass is 10.1. The van der Waals surface area contributed by atoms with Gasteiger partial charge in [-0.2, -0.15) is 0 Å². The highest BCUT2D eigenvalue weighted by Crippen LogP contribution is 2.24. The zero-order valence-corrected chi connectivity index (χ0v) is 9.25. The number of benzene rings is 1. The van der Waals surface area contributed by atoms with Crippen LogP contribution in [0.2, 0.25) is 0 Å². The fourth-order valence-corrected chi connectivity index (χ4v) is 1.39. The highest BCUT2D eigenvalue weighted by molar-refractivity contribution is 5.85. The van der Waals surface area contributed by atoms with Gasteiger partial charge >= 0.3 is 0 Å². The van der Waals surface area contributed by atoms with Gasteiger partial charge in [-0.3, -0.25) is 0 Å². The van der Waals surface area contributed by atoms with E-state index in [-0.39, 0.29) is 5.69 Å². The molecule has 3 nitrogen and oxygen atoms in total. The van der Waals surface area contributed by atoms with E-state index in [0.717, 1.165) is 17.0 Å². The molecule has 0 aliphatic rings. The van der Waals surface area contributed by atoms with Crippen LogP contribution in [0.1, 0.15) is 20.8 Å². The van der Waals surface area contributed by atoms with Gasteiger partial charge in [0.1, 0.15) is 6.09 Å². The molecule has 0 radical (unpaired) electrons. The Balaban J connectivity index is 3.22. The standard InChI is InChI=1S/C11H13F2NO2/c1-11(2,3)14(10(15)16)7-4-5-8(12)9(13)6-7/h4-6H,1-3H3,(H,15,16)/p-1. The molecule has 0 unspecified atom stereocenters. The summed E-state index contributed by atoms with van der Waals surface area (Å²) in [7, 11) is 0. The summed E-state index contributed by atoms with van der Waals surface area (Å²) in [5, 5.41) is 10.9. The van der Waals surface area contributed by atoms with Gasteiger partial charge in [0.15, 0.2) is 11.6 Å². The molecule has 0 atom stereocenters. The first kappa shape index (κ1) is 12.4. The van der Waals surface area contributed by atoms with Crippen molar-refractivity contribution in [3.8, 4) is 0 Å². The van der Waals surface area contributed by atoms with Crippen LogP contribution in [-0.4, -0.2) is 11.6 Å². The highest BCUT2D eigenvalue weighted by Gasteiger charge is 2.23. The van der Waals surface area contributed by atoms with Crippen LogP contribution in [-0.2, 0) is 0 Å². The Morgan fingerprint density at radius 2 is 1.81 bits per heavy atom. The minimum Gasteiger partial charge on any atom is -0.530 e. The molecule has 0 aliphatic heterocycles. The molecule has 0 aromatic heterocycles. The summed E-state index contributed by atoms with van der Waals surface area (Å²) in [6, 6.07) is 2.90. The van der Waals surface area contributed by atoms with Gasteiger partial charge in [-0.25, -0.2) is 8.78 Å². The Morgan fingerprint density at radius 3 is 2.19 bits per heavy atom. The maximum absolute atomic E-state index is 13.0. The van der Waals surface area contributed by atoms with Gasteiger partial charge in [0.2, 0.25) is 0 Å². The molecule has 0 heterocycles. The van der Waals surface area contributed by atoms with E-state index in [2.05, 4.69) is 0 Å². The number of nitrogens with zero attached hydrogens (tertiary/aromatic N) is 1. The van der Waals surface area contributed by atoms with E-state index in [9.17, 15) is 18.7 Å². The predicted octanol–water partition coefficient (Wildman–Crippen LogP) is 1.91. The number of hydrogen-bond acceptors (Lipinski definition) is 2. The van der Waals surface area contributed by atoms with Crippen LogP contribution >= 0.6 is 0 Å². The summed E-state index contributed by atoms with van der Waals surface area (Å²) >= 11 is 0. The van der Waals surface area contributed by atoms with Crippen molar-refractivity contribution in [1.29, 1.82) is 0 Å². The second-order valence-corrected chi connectivity index (χ2v) is 4.37. The van der Waals surface area contributed by atoms with Crippen molar-refractivity contribution >= 4 is 11.8 Å². The van der Waals surface area contributed by atoms with Crippen molar-refractivity contribution in [3.63, 3.8) is 0 Å². The van der Waals surface area contributed by atoms with E-state index in [4.69, 9.17) is 0 Å². The molecular weight excluding hydrogens is 216 g/mol. The van der Waals surface area contributed by atoms with Gasteiger partial charge in [0.05, 0.1) is 0 Å². The van der Waals surface area contributed by atoms with E-state index in [1.54, 1.807) is 20.8 Å². The topological polar surface area (TPSA) is 43.4 Å². The summed E-state index contributed by atoms with van der Waals surface area (Å²) in [5.74, 6) is -2.11. The molecule has 1 amide bonds. The maximum Gasteiger partial charge on any atom is 0.160 e. The molecule has 1 aromatic carbocycles. The zero-order valence-electron chi connectivity index (χ0n) is 9.25. The summed E-state index contributed by atoms with van der Waals surface area (Å²) in [6.07, 6.45) is -1.46. The van der Waals surface area contributed by atoms with Crippen LogP contribution < -0.4 is 10.0 Å². The first-order chi connectivity index (χ1) is 7.23. The molecule has 0 saturated heterocycles. The Kier molecular flexibility index (Phi) is 3.16. The molecule has 0 saturated carbocycles. The third-order valence-electron chi connectivity index (χ3n) is 2.01. The quantitative estimate of drug-likeness (QED) is 0.737. The lowest BCUT2D eigenvalue weighted by Gasteiger charge is -2.37. The average molecular weight is 228 g/mol. The van der Waals surface area contributed by atoms with Gasteiger partial charge in [-0.1, -0.05) is 0 Å². The highest BCUT2D eigenvalue weighted by atomic mass is 19.2. The smallest absolute Gasteiger partial charge is 0.160 e. The molecule has 0 bridgehead atoms. The monoisotopic (exact) mass is 228 g/mol. The van der Waals surface area contributed by atoms with Crippen LogP contribution in [0.15, 0.2) is 18.2 Å². The Labute approximate surface area is 92.3 Å². The predicted molar refractivity (Wildman–Crippen MR) is 54.0 cm³/mol. The normalized spacial score (nSPS) is 11.3. The fraction of sp³-hybridized carbons (Fsp3) is 0.364. The molecule has 1 aromatic rings. The Bertz CT molecular complexity index is 413. The third-order valence-corrected chi connectivity index (χ3v) is 2.01.